The fraction of sp³-hybridized carbons (Fsp3) is 0.662. The third-order valence-corrected chi connectivity index (χ3v) is 30.2. The quantitative estimate of drug-likeness (QED) is 0.0131. The highest BCUT2D eigenvalue weighted by Gasteiger charge is 2.59. The molecule has 67 heteroatoms. The van der Waals surface area contributed by atoms with Gasteiger partial charge in [-0.15, -0.1) is 0 Å². The summed E-state index contributed by atoms with van der Waals surface area (Å²) in [5.41, 5.74) is 34.0. The Morgan fingerprint density at radius 3 is 1.23 bits per heavy atom. The number of nitrogens with zero attached hydrogens (tertiary/aromatic N) is 13. The number of nitrogens with one attached hydrogen (secondary N) is 1. The Kier molecular flexibility index (Phi) is 38.9. The van der Waals surface area contributed by atoms with Crippen LogP contribution in [0.2, 0.25) is 0 Å². The lowest BCUT2D eigenvalue weighted by molar-refractivity contribution is -0.121. The molecule has 0 spiro atoms. The van der Waals surface area contributed by atoms with E-state index in [1.807, 2.05) is 0 Å². The first kappa shape index (κ1) is 114. The number of aliphatic hydroxyl groups is 1. The number of fused-ring (bicyclic) bond motifs is 1. The summed E-state index contributed by atoms with van der Waals surface area (Å²) in [7, 11) is -5.02. The monoisotopic (exact) mass is 2200 g/mol. The van der Waals surface area contributed by atoms with Gasteiger partial charge in [-0.1, -0.05) is 25.8 Å². The number of thiol groups is 1. The standard InChI is InChI=1S/C77H117N20O39P5S3/c1-13-42-43(24-49(126-42)93-25-36(2)61(78)87-74(93)100)132-139(108,142)124-33-47-53(58(118-21-16-113-10)72(131-47)97-35-84-50-65(82)86-73(83)91-66(50)97)134-137(104,105)121-31-45-52(57(117-20-15-112-9)69(128-45)94-26-37(3)62(79)88-75(94)101)133-138(106,107)122-32-46-54(59(119-22-17-114-11)70(129-46)95-27-38(4)63(80)89-76(95)102)135-141(110,144)125-34-48-55(60(120-23-18-115-12)71(130-48)96-28-39(5)64(81)90-77(96)103)136-140(109,143)123-30-44-51(98)56(116-19-14-111-8)68(127-44)92-29-40(6)67(99)85-41(92)7/h25-29,35,42-49,51-60,68-72,98H,7,13-24,30-34H2,1-6,8-12H3,(H,85,99)(H,104,105)(H,106,107)(H,108,142)(H,109,143)(H,110,144)(H2,78,87,100)(H2,79,88,101)(H2,80,89,102)(H2,81,90,103)(H4,82,83,86,91)/t42-,43?,44-,45-,46-,47-,48-,49-,51?,52?,53?,54?,55?,56+,57+,58+,59+,60+,68-,69-,70-,71-,72-,139?,140?,141?/m1/s1. The number of carbonyl (C=O) groups is 1. The van der Waals surface area contributed by atoms with Crippen LogP contribution in [0.3, 0.4) is 0 Å². The van der Waals surface area contributed by atoms with Gasteiger partial charge in [0.15, 0.2) is 42.6 Å². The molecule has 144 heavy (non-hydrogen) atoms. The van der Waals surface area contributed by atoms with E-state index in [1.54, 1.807) is 13.8 Å². The number of amides is 1. The number of phosphoric ester groups is 2. The van der Waals surface area contributed by atoms with Crippen LogP contribution in [0.25, 0.3) is 11.2 Å². The number of anilines is 6. The number of hydrogen-bond donors (Lipinski definition) is 13. The largest absolute Gasteiger partial charge is 0.472 e. The number of carbonyl (C=O) groups excluding carboxylic acids is 1. The van der Waals surface area contributed by atoms with Gasteiger partial charge in [-0.25, -0.2) is 37.9 Å². The zero-order valence-electron chi connectivity index (χ0n) is 79.4. The minimum absolute atomic E-state index is 0.00499. The highest BCUT2D eigenvalue weighted by molar-refractivity contribution is 8.44. The van der Waals surface area contributed by atoms with E-state index in [0.29, 0.717) is 5.56 Å². The Hall–Kier alpha value is -7.28. The number of nitrogens with two attached hydrogens (primary N) is 6. The van der Waals surface area contributed by atoms with Crippen molar-refractivity contribution in [1.29, 1.82) is 0 Å². The van der Waals surface area contributed by atoms with Crippen molar-refractivity contribution in [1.82, 2.24) is 67.9 Å². The van der Waals surface area contributed by atoms with Crippen molar-refractivity contribution in [2.24, 2.45) is 0 Å². The lowest BCUT2D eigenvalue weighted by atomic mass is 10.1. The number of hydrogen-bond acceptors (Lipinski definition) is 51. The van der Waals surface area contributed by atoms with E-state index < -0.39 is 245 Å². The fourth-order valence-corrected chi connectivity index (χ4v) is 22.6. The van der Waals surface area contributed by atoms with Crippen LogP contribution in [0.4, 0.5) is 35.0 Å². The molecule has 802 valence electrons. The van der Waals surface area contributed by atoms with Gasteiger partial charge in [-0.2, -0.15) is 29.9 Å². The molecule has 13 rings (SSSR count). The molecular formula is C77H117N20O39P5S3. The summed E-state index contributed by atoms with van der Waals surface area (Å²) in [5, 5.41) is 14.5. The Labute approximate surface area is 835 Å². The molecule has 18 N–H and O–H groups in total. The van der Waals surface area contributed by atoms with Gasteiger partial charge >= 0.3 is 58.6 Å². The number of methoxy groups -OCH3 is 5. The van der Waals surface area contributed by atoms with E-state index in [2.05, 4.69) is 59.0 Å². The van der Waals surface area contributed by atoms with Crippen LogP contribution in [-0.4, -0.2) is 338 Å². The van der Waals surface area contributed by atoms with Gasteiger partial charge in [0.05, 0.1) is 118 Å². The van der Waals surface area contributed by atoms with Crippen molar-refractivity contribution in [3.63, 3.8) is 0 Å². The van der Waals surface area contributed by atoms with Crippen LogP contribution >= 0.6 is 48.1 Å². The first-order valence-electron chi connectivity index (χ1n) is 44.3. The van der Waals surface area contributed by atoms with Crippen LogP contribution in [0, 0.1) is 27.7 Å². The number of rotatable bonds is 52. The SMILES string of the molecule is C=C1NC(=O)C(C)=CN1[C@@H]1O[C@H](COP(O)(=S)OC2[C@@H](COP(=O)(S)OC3[C@@H](COP(=O)(O)OC4[C@@H](COP(=O)(O)OC5[C@@H](COP(O)(=S)OC6C[C@H](n7cc(C)c(N)nc7=O)O[C@@H]6CC)O[C@@H](n6cnc7c(N)nc(N)nc76)[C@H]5OCCOC)O[C@@H](n5cc(C)c(N)nc5=O)[C@H]4OCCOC)O[C@@H](n4cc(C)c(N)nc4=O)[C@H]3OCCOC)O[C@@H](n3cc(C)c(N)nc3=O)[C@H]2OCCOC)C(O)[C@@H]1OCCOC. The van der Waals surface area contributed by atoms with Crippen LogP contribution in [-0.2, 0) is 163 Å². The number of phosphoric acid groups is 2. The first-order chi connectivity index (χ1) is 68.2. The van der Waals surface area contributed by atoms with Crippen LogP contribution in [0.1, 0.15) is 80.1 Å². The second kappa shape index (κ2) is 49.2. The van der Waals surface area contributed by atoms with Crippen molar-refractivity contribution in [2.45, 2.75) is 196 Å². The van der Waals surface area contributed by atoms with Crippen molar-refractivity contribution in [2.75, 3.05) is 169 Å². The van der Waals surface area contributed by atoms with Crippen molar-refractivity contribution < 1.29 is 164 Å². The Morgan fingerprint density at radius 2 is 0.806 bits per heavy atom. The van der Waals surface area contributed by atoms with Crippen molar-refractivity contribution >= 4 is 124 Å². The van der Waals surface area contributed by atoms with Gasteiger partial charge in [0.2, 0.25) is 5.95 Å². The average Bonchev–Trinajstić information content (AvgIpc) is 1.60. The zero-order valence-corrected chi connectivity index (χ0v) is 86.4. The van der Waals surface area contributed by atoms with Gasteiger partial charge in [0.25, 0.3) is 5.91 Å². The van der Waals surface area contributed by atoms with E-state index in [4.69, 9.17) is 179 Å². The van der Waals surface area contributed by atoms with Crippen molar-refractivity contribution in [3.05, 3.63) is 119 Å². The number of aryl methyl sites for hydroxylation is 4. The van der Waals surface area contributed by atoms with Crippen molar-refractivity contribution in [3.8, 4) is 0 Å². The molecule has 13 heterocycles. The fourth-order valence-electron chi connectivity index (χ4n) is 16.3. The number of imidazole rings is 1. The molecule has 6 fully saturated rings. The second-order valence-corrected chi connectivity index (χ2v) is 44.7. The summed E-state index contributed by atoms with van der Waals surface area (Å²) in [5.74, 6) is -1.55. The van der Waals surface area contributed by atoms with E-state index in [0.717, 1.165) is 13.7 Å². The summed E-state index contributed by atoms with van der Waals surface area (Å²) in [6, 6.07) is 0. The topological polar surface area (TPSA) is 764 Å². The molecule has 0 radical (unpaired) electrons. The Balaban J connectivity index is 0.797. The summed E-state index contributed by atoms with van der Waals surface area (Å²) < 4.78 is 208. The maximum Gasteiger partial charge on any atom is 0.472 e. The van der Waals surface area contributed by atoms with Gasteiger partial charge in [-0.3, -0.25) is 59.3 Å². The predicted octanol–water partition coefficient (Wildman–Crippen LogP) is -0.400. The summed E-state index contributed by atoms with van der Waals surface area (Å²) in [6.07, 6.45) is -28.7. The molecule has 6 aromatic rings. The molecule has 28 atom stereocenters. The van der Waals surface area contributed by atoms with Gasteiger partial charge < -0.3 is 159 Å². The van der Waals surface area contributed by atoms with E-state index >= 15 is 13.7 Å². The molecule has 0 bridgehead atoms. The Bertz CT molecular complexity index is 6070. The normalized spacial score (nSPS) is 29.9. The maximum atomic E-state index is 15.6. The minimum atomic E-state index is -5.94. The molecule has 6 saturated heterocycles. The summed E-state index contributed by atoms with van der Waals surface area (Å²) in [4.78, 5) is 147. The molecule has 11 unspecified atom stereocenters. The van der Waals surface area contributed by atoms with Gasteiger partial charge in [-0.05, 0) is 64.7 Å². The lowest BCUT2D eigenvalue weighted by Gasteiger charge is -2.35. The third-order valence-electron chi connectivity index (χ3n) is 23.4. The summed E-state index contributed by atoms with van der Waals surface area (Å²) in [6.45, 7) is -8.27. The molecule has 6 aromatic heterocycles. The highest BCUT2D eigenvalue weighted by atomic mass is 32.7. The molecule has 59 nitrogen and oxygen atoms in total. The molecule has 0 aliphatic carbocycles. The molecule has 7 aliphatic heterocycles. The molecule has 0 saturated carbocycles. The van der Waals surface area contributed by atoms with Crippen LogP contribution in [0.15, 0.2) is 74.5 Å². The van der Waals surface area contributed by atoms with E-state index in [1.165, 1.54) is 115 Å². The molecule has 0 aromatic carbocycles. The minimum Gasteiger partial charge on any atom is -0.387 e. The van der Waals surface area contributed by atoms with Gasteiger partial charge in [0, 0.05) is 101 Å². The van der Waals surface area contributed by atoms with Crippen LogP contribution < -0.4 is 62.5 Å². The first-order valence-corrected chi connectivity index (χ1v) is 55.1. The predicted molar refractivity (Wildman–Crippen MR) is 508 cm³/mol. The smallest absolute Gasteiger partial charge is 0.387 e. The maximum absolute atomic E-state index is 15.6. The third kappa shape index (κ3) is 27.5. The van der Waals surface area contributed by atoms with Gasteiger partial charge in [0.1, 0.15) is 132 Å². The number of aromatic nitrogens is 12. The Morgan fingerprint density at radius 1 is 0.444 bits per heavy atom. The zero-order chi connectivity index (χ0) is 105. The number of nitrogen functional groups attached to an aromatic ring is 6. The second-order valence-electron chi connectivity index (χ2n) is 33.4. The van der Waals surface area contributed by atoms with E-state index in [9.17, 15) is 48.7 Å². The lowest BCUT2D eigenvalue weighted by Crippen LogP contribution is -2.48. The van der Waals surface area contributed by atoms with Crippen LogP contribution in [0.5, 0.6) is 0 Å². The number of aliphatic hydroxyl groups excluding tert-OH is 1. The van der Waals surface area contributed by atoms with E-state index in [-0.39, 0.29) is 147 Å². The summed E-state index contributed by atoms with van der Waals surface area (Å²) >= 11 is 15.7. The molecular weight excluding hydrogens is 2080 g/mol. The molecule has 1 amide bonds. The molecule has 7 aliphatic rings. The highest BCUT2D eigenvalue weighted by Crippen LogP contribution is 2.60. The average molecular weight is 2200 g/mol. The number of ether oxygens (including phenoxy) is 16.